The fourth-order valence-electron chi connectivity index (χ4n) is 2.98. The second-order valence-corrected chi connectivity index (χ2v) is 7.78. The summed E-state index contributed by atoms with van der Waals surface area (Å²) in [6.45, 7) is 11.8. The summed E-state index contributed by atoms with van der Waals surface area (Å²) in [5, 5.41) is 9.02. The monoisotopic (exact) mass is 348 g/mol. The zero-order chi connectivity index (χ0) is 18.8. The van der Waals surface area contributed by atoms with Gasteiger partial charge in [-0.15, -0.1) is 0 Å². The molecule has 6 nitrogen and oxygen atoms in total. The molecule has 1 aliphatic heterocycles. The predicted octanol–water partition coefficient (Wildman–Crippen LogP) is 3.47. The highest BCUT2D eigenvalue weighted by molar-refractivity contribution is 5.88. The SMILES string of the molecule is CC(C)[C@H]1CN(c2ccc(C(=O)O)cc2)CCN1C(=O)OC(C)(C)C. The molecule has 1 aliphatic rings. The summed E-state index contributed by atoms with van der Waals surface area (Å²) in [6.07, 6.45) is -0.271. The number of nitrogens with zero attached hydrogens (tertiary/aromatic N) is 2. The van der Waals surface area contributed by atoms with Crippen molar-refractivity contribution in [3.05, 3.63) is 29.8 Å². The Balaban J connectivity index is 2.12. The molecular weight excluding hydrogens is 320 g/mol. The Kier molecular flexibility index (Phi) is 5.60. The lowest BCUT2D eigenvalue weighted by atomic mass is 9.99. The number of carboxylic acids is 1. The Morgan fingerprint density at radius 2 is 1.76 bits per heavy atom. The molecular formula is C19H28N2O4. The van der Waals surface area contributed by atoms with E-state index in [4.69, 9.17) is 9.84 Å². The lowest BCUT2D eigenvalue weighted by molar-refractivity contribution is 0.00881. The van der Waals surface area contributed by atoms with E-state index >= 15 is 0 Å². The van der Waals surface area contributed by atoms with E-state index in [1.54, 1.807) is 12.1 Å². The van der Waals surface area contributed by atoms with Crippen LogP contribution in [0.15, 0.2) is 24.3 Å². The number of benzene rings is 1. The van der Waals surface area contributed by atoms with Gasteiger partial charge in [0.25, 0.3) is 0 Å². The van der Waals surface area contributed by atoms with Crippen LogP contribution in [-0.2, 0) is 4.74 Å². The predicted molar refractivity (Wildman–Crippen MR) is 97.2 cm³/mol. The number of amides is 1. The molecule has 0 saturated carbocycles. The number of carbonyl (C=O) groups is 2. The van der Waals surface area contributed by atoms with E-state index < -0.39 is 11.6 Å². The molecule has 1 amide bonds. The molecule has 0 aromatic heterocycles. The van der Waals surface area contributed by atoms with Gasteiger partial charge in [-0.05, 0) is 51.0 Å². The highest BCUT2D eigenvalue weighted by Crippen LogP contribution is 2.25. The molecule has 0 radical (unpaired) electrons. The summed E-state index contributed by atoms with van der Waals surface area (Å²) in [5.41, 5.74) is 0.735. The van der Waals surface area contributed by atoms with E-state index in [9.17, 15) is 9.59 Å². The summed E-state index contributed by atoms with van der Waals surface area (Å²) in [7, 11) is 0. The van der Waals surface area contributed by atoms with E-state index in [1.807, 2.05) is 37.8 Å². The van der Waals surface area contributed by atoms with E-state index in [0.29, 0.717) is 19.6 Å². The van der Waals surface area contributed by atoms with Crippen LogP contribution < -0.4 is 4.90 Å². The van der Waals surface area contributed by atoms with E-state index in [2.05, 4.69) is 18.7 Å². The van der Waals surface area contributed by atoms with Crippen LogP contribution >= 0.6 is 0 Å². The Morgan fingerprint density at radius 1 is 1.16 bits per heavy atom. The maximum atomic E-state index is 12.5. The van der Waals surface area contributed by atoms with Crippen LogP contribution in [0.5, 0.6) is 0 Å². The highest BCUT2D eigenvalue weighted by atomic mass is 16.6. The minimum atomic E-state index is -0.929. The first-order valence-corrected chi connectivity index (χ1v) is 8.66. The van der Waals surface area contributed by atoms with Gasteiger partial charge < -0.3 is 19.6 Å². The number of carboxylic acid groups (broad SMARTS) is 1. The van der Waals surface area contributed by atoms with Gasteiger partial charge in [-0.2, -0.15) is 0 Å². The molecule has 1 heterocycles. The molecule has 1 fully saturated rings. The summed E-state index contributed by atoms with van der Waals surface area (Å²) in [4.78, 5) is 27.5. The molecule has 0 spiro atoms. The van der Waals surface area contributed by atoms with Gasteiger partial charge in [-0.1, -0.05) is 13.8 Å². The molecule has 25 heavy (non-hydrogen) atoms. The van der Waals surface area contributed by atoms with Crippen molar-refractivity contribution in [2.24, 2.45) is 5.92 Å². The van der Waals surface area contributed by atoms with Crippen LogP contribution in [0, 0.1) is 5.92 Å². The number of carbonyl (C=O) groups excluding carboxylic acids is 1. The number of piperazine rings is 1. The van der Waals surface area contributed by atoms with Crippen molar-refractivity contribution in [2.45, 2.75) is 46.3 Å². The van der Waals surface area contributed by atoms with Gasteiger partial charge in [0.1, 0.15) is 5.60 Å². The van der Waals surface area contributed by atoms with Gasteiger partial charge >= 0.3 is 12.1 Å². The summed E-state index contributed by atoms with van der Waals surface area (Å²) in [5.74, 6) is -0.644. The Morgan fingerprint density at radius 3 is 2.24 bits per heavy atom. The molecule has 1 saturated heterocycles. The molecule has 0 unspecified atom stereocenters. The number of hydrogen-bond acceptors (Lipinski definition) is 4. The second kappa shape index (κ2) is 7.33. The van der Waals surface area contributed by atoms with Gasteiger partial charge in [-0.3, -0.25) is 0 Å². The van der Waals surface area contributed by atoms with Crippen LogP contribution in [0.4, 0.5) is 10.5 Å². The molecule has 6 heteroatoms. The Labute approximate surface area is 149 Å². The Hall–Kier alpha value is -2.24. The zero-order valence-electron chi connectivity index (χ0n) is 15.7. The van der Waals surface area contributed by atoms with Crippen molar-refractivity contribution < 1.29 is 19.4 Å². The van der Waals surface area contributed by atoms with Gasteiger partial charge in [0.15, 0.2) is 0 Å². The number of hydrogen-bond donors (Lipinski definition) is 1. The number of aromatic carboxylic acids is 1. The van der Waals surface area contributed by atoms with Crippen molar-refractivity contribution in [3.8, 4) is 0 Å². The largest absolute Gasteiger partial charge is 0.478 e. The lowest BCUT2D eigenvalue weighted by Crippen LogP contribution is -2.58. The number of anilines is 1. The third-order valence-corrected chi connectivity index (χ3v) is 4.30. The topological polar surface area (TPSA) is 70.1 Å². The third-order valence-electron chi connectivity index (χ3n) is 4.30. The third kappa shape index (κ3) is 4.87. The molecule has 1 N–H and O–H groups in total. The van der Waals surface area contributed by atoms with Crippen molar-refractivity contribution in [1.29, 1.82) is 0 Å². The molecule has 0 bridgehead atoms. The quantitative estimate of drug-likeness (QED) is 0.906. The van der Waals surface area contributed by atoms with E-state index in [-0.39, 0.29) is 23.6 Å². The maximum Gasteiger partial charge on any atom is 0.410 e. The molecule has 2 rings (SSSR count). The molecule has 138 valence electrons. The molecule has 1 atom stereocenters. The molecule has 0 aliphatic carbocycles. The summed E-state index contributed by atoms with van der Waals surface area (Å²) < 4.78 is 5.54. The number of ether oxygens (including phenoxy) is 1. The lowest BCUT2D eigenvalue weighted by Gasteiger charge is -2.44. The van der Waals surface area contributed by atoms with Crippen molar-refractivity contribution in [1.82, 2.24) is 4.90 Å². The van der Waals surface area contributed by atoms with Crippen LogP contribution in [0.2, 0.25) is 0 Å². The molecule has 1 aromatic carbocycles. The first kappa shape index (κ1) is 19.1. The van der Waals surface area contributed by atoms with Crippen molar-refractivity contribution in [2.75, 3.05) is 24.5 Å². The highest BCUT2D eigenvalue weighted by Gasteiger charge is 2.35. The second-order valence-electron chi connectivity index (χ2n) is 7.78. The smallest absolute Gasteiger partial charge is 0.410 e. The zero-order valence-corrected chi connectivity index (χ0v) is 15.7. The minimum absolute atomic E-state index is 0.0442. The first-order chi connectivity index (χ1) is 11.6. The van der Waals surface area contributed by atoms with Crippen molar-refractivity contribution in [3.63, 3.8) is 0 Å². The Bertz CT molecular complexity index is 619. The average molecular weight is 348 g/mol. The number of rotatable bonds is 3. The van der Waals surface area contributed by atoms with Crippen LogP contribution in [-0.4, -0.2) is 53.3 Å². The fourth-order valence-corrected chi connectivity index (χ4v) is 2.98. The van der Waals surface area contributed by atoms with Crippen LogP contribution in [0.25, 0.3) is 0 Å². The van der Waals surface area contributed by atoms with Crippen molar-refractivity contribution >= 4 is 17.7 Å². The van der Waals surface area contributed by atoms with Crippen LogP contribution in [0.1, 0.15) is 45.0 Å². The first-order valence-electron chi connectivity index (χ1n) is 8.66. The minimum Gasteiger partial charge on any atom is -0.478 e. The standard InChI is InChI=1S/C19H28N2O4/c1-13(2)16-12-20(15-8-6-14(7-9-15)17(22)23)10-11-21(16)18(24)25-19(3,4)5/h6-9,13,16H,10-12H2,1-5H3,(H,22,23)/t16-/m1/s1. The van der Waals surface area contributed by atoms with Crippen LogP contribution in [0.3, 0.4) is 0 Å². The average Bonchev–Trinajstić information content (AvgIpc) is 2.52. The van der Waals surface area contributed by atoms with Gasteiger partial charge in [0, 0.05) is 25.3 Å². The summed E-state index contributed by atoms with van der Waals surface area (Å²) in [6, 6.07) is 6.92. The van der Waals surface area contributed by atoms with Gasteiger partial charge in [0.2, 0.25) is 0 Å². The normalized spacial score (nSPS) is 18.4. The summed E-state index contributed by atoms with van der Waals surface area (Å²) >= 11 is 0. The van der Waals surface area contributed by atoms with Gasteiger partial charge in [0.05, 0.1) is 11.6 Å². The molecule has 1 aromatic rings. The fraction of sp³-hybridized carbons (Fsp3) is 0.579. The van der Waals surface area contributed by atoms with Gasteiger partial charge in [-0.25, -0.2) is 9.59 Å². The maximum absolute atomic E-state index is 12.5. The van der Waals surface area contributed by atoms with E-state index in [1.165, 1.54) is 0 Å². The van der Waals surface area contributed by atoms with E-state index in [0.717, 1.165) is 5.69 Å².